The highest BCUT2D eigenvalue weighted by atomic mass is 15.2. The molecule has 1 aromatic heterocycles. The fourth-order valence-corrected chi connectivity index (χ4v) is 15.5. The Morgan fingerprint density at radius 1 is 0.367 bits per heavy atom. The molecule has 0 amide bonds. The molecule has 3 heterocycles. The van der Waals surface area contributed by atoms with Crippen LogP contribution in [0.4, 0.5) is 34.1 Å². The van der Waals surface area contributed by atoms with Gasteiger partial charge in [-0.25, -0.2) is 0 Å². The molecule has 0 unspecified atom stereocenters. The largest absolute Gasteiger partial charge is 0.310 e. The molecule has 14 aromatic rings. The van der Waals surface area contributed by atoms with Crippen molar-refractivity contribution in [1.82, 2.24) is 4.57 Å². The Kier molecular flexibility index (Phi) is 13.2. The second kappa shape index (κ2) is 24.1. The Balaban J connectivity index is 1.13. The van der Waals surface area contributed by atoms with Gasteiger partial charge in [0.2, 0.25) is 0 Å². The summed E-state index contributed by atoms with van der Waals surface area (Å²) in [6, 6.07) is 93.5. The first kappa shape index (κ1) is 53.5. The summed E-state index contributed by atoms with van der Waals surface area (Å²) in [4.78, 5) is 4.88. The lowest BCUT2D eigenvalue weighted by Gasteiger charge is -2.46. The van der Waals surface area contributed by atoms with Crippen LogP contribution < -0.4 is 26.2 Å². The van der Waals surface area contributed by atoms with Gasteiger partial charge >= 0.3 is 0 Å². The fourth-order valence-electron chi connectivity index (χ4n) is 15.5. The van der Waals surface area contributed by atoms with Crippen LogP contribution in [0, 0.1) is 13.7 Å². The molecule has 16 rings (SSSR count). The van der Waals surface area contributed by atoms with Crippen LogP contribution >= 0.6 is 0 Å². The van der Waals surface area contributed by atoms with Gasteiger partial charge in [0.15, 0.2) is 0 Å². The summed E-state index contributed by atoms with van der Waals surface area (Å²) in [6.45, 7) is 16.7. The average Bonchev–Trinajstić information content (AvgIpc) is 0.735. The van der Waals surface area contributed by atoms with E-state index in [-0.39, 0.29) is 39.4 Å². The highest BCUT2D eigenvalue weighted by Crippen LogP contribution is 2.55. The molecule has 478 valence electrons. The molecule has 0 saturated carbocycles. The van der Waals surface area contributed by atoms with Crippen molar-refractivity contribution in [3.8, 4) is 72.4 Å². The molecule has 0 atom stereocenters. The predicted molar refractivity (Wildman–Crippen MR) is 422 cm³/mol. The Labute approximate surface area is 591 Å². The Morgan fingerprint density at radius 2 is 0.806 bits per heavy atom. The first-order valence-electron chi connectivity index (χ1n) is 38.6. The van der Waals surface area contributed by atoms with E-state index in [0.717, 1.165) is 128 Å². The van der Waals surface area contributed by atoms with Gasteiger partial charge in [0, 0.05) is 69.7 Å². The number of anilines is 6. The van der Waals surface area contributed by atoms with Crippen LogP contribution in [0.25, 0.3) is 94.3 Å². The number of para-hydroxylation sites is 2. The van der Waals surface area contributed by atoms with Gasteiger partial charge in [-0.3, -0.25) is 0 Å². The van der Waals surface area contributed by atoms with E-state index >= 15 is 0 Å². The zero-order chi connectivity index (χ0) is 74.2. The maximum atomic E-state index is 9.90. The summed E-state index contributed by atoms with van der Waals surface area (Å²) in [6.07, 6.45) is 0. The Morgan fingerprint density at radius 3 is 1.23 bits per heavy atom. The van der Waals surface area contributed by atoms with Crippen LogP contribution in [0.5, 0.6) is 0 Å². The van der Waals surface area contributed by atoms with E-state index in [4.69, 9.17) is 8.22 Å². The lowest BCUT2D eigenvalue weighted by molar-refractivity contribution is 0.590. The third-order valence-electron chi connectivity index (χ3n) is 20.6. The van der Waals surface area contributed by atoms with Gasteiger partial charge in [-0.05, 0) is 185 Å². The lowest BCUT2D eigenvalue weighted by Crippen LogP contribution is -2.61. The van der Waals surface area contributed by atoms with E-state index in [1.165, 1.54) is 22.3 Å². The number of hydrogen-bond acceptors (Lipinski definition) is 2. The summed E-state index contributed by atoms with van der Waals surface area (Å²) in [5.41, 5.74) is 25.0. The third-order valence-corrected chi connectivity index (χ3v) is 20.6. The molecule has 0 saturated heterocycles. The molecule has 0 N–H and O–H groups in total. The molecule has 98 heavy (non-hydrogen) atoms. The molecule has 4 heteroatoms. The maximum absolute atomic E-state index is 9.90. The van der Waals surface area contributed by atoms with Gasteiger partial charge in [0.25, 0.3) is 6.71 Å². The van der Waals surface area contributed by atoms with Crippen molar-refractivity contribution in [2.24, 2.45) is 0 Å². The number of nitrogens with zero attached hydrogens (tertiary/aromatic N) is 3. The van der Waals surface area contributed by atoms with Gasteiger partial charge < -0.3 is 14.4 Å². The van der Waals surface area contributed by atoms with Crippen LogP contribution in [0.2, 0.25) is 0 Å². The normalized spacial score (nSPS) is 14.3. The van der Waals surface area contributed by atoms with Crippen molar-refractivity contribution in [2.75, 3.05) is 9.80 Å². The summed E-state index contributed by atoms with van der Waals surface area (Å²) in [7, 11) is 0. The van der Waals surface area contributed by atoms with Gasteiger partial charge in [0.05, 0.1) is 25.1 Å². The summed E-state index contributed by atoms with van der Waals surface area (Å²) < 4.78 is 76.9. The van der Waals surface area contributed by atoms with E-state index in [2.05, 4.69) is 247 Å². The quantitative estimate of drug-likeness (QED) is 0.120. The zero-order valence-electron chi connectivity index (χ0n) is 65.5. The predicted octanol–water partition coefficient (Wildman–Crippen LogP) is 24.3. The van der Waals surface area contributed by atoms with Crippen molar-refractivity contribution >= 4 is 79.0 Å². The molecule has 0 bridgehead atoms. The smallest absolute Gasteiger partial charge is 0.252 e. The molecule has 13 aromatic carbocycles. The molecule has 0 fully saturated rings. The highest BCUT2D eigenvalue weighted by Gasteiger charge is 2.46. The van der Waals surface area contributed by atoms with Crippen molar-refractivity contribution in [1.29, 1.82) is 0 Å². The SMILES string of the molecule is [2H]c1cc(-c2ccccc2)c(N2c3cc(-c4c(C([2H])([2H])[2H])cccc4C([2H])([2H])[2H])ccc3B3c4ccc(-n5c6ccc(C(C)(C)C)cc6c6cc(C(C)(C)C)ccc65)cc4N(c4c(-c5ccccc5)cc([2H])cc4-c4ccccc4)c4cc(-c5ccc(C(C)C)cc5C(C)C)cc2c43)c(-c2ccccc2)c1. The van der Waals surface area contributed by atoms with Gasteiger partial charge in [-0.15, -0.1) is 0 Å². The van der Waals surface area contributed by atoms with Crippen LogP contribution in [-0.4, -0.2) is 11.3 Å². The number of aromatic nitrogens is 1. The molecule has 0 spiro atoms. The monoisotopic (exact) mass is 1270 g/mol. The van der Waals surface area contributed by atoms with E-state index in [1.54, 1.807) is 18.2 Å². The number of benzene rings is 13. The van der Waals surface area contributed by atoms with Gasteiger partial charge in [-0.2, -0.15) is 0 Å². The van der Waals surface area contributed by atoms with Gasteiger partial charge in [0.1, 0.15) is 0 Å². The lowest BCUT2D eigenvalue weighted by atomic mass is 9.33. The van der Waals surface area contributed by atoms with Gasteiger partial charge in [-0.1, -0.05) is 294 Å². The first-order chi connectivity index (χ1) is 50.6. The number of hydrogen-bond donors (Lipinski definition) is 0. The average molecular weight is 1270 g/mol. The van der Waals surface area contributed by atoms with Crippen LogP contribution in [0.1, 0.15) is 125 Å². The van der Waals surface area contributed by atoms with Crippen LogP contribution in [-0.2, 0) is 10.8 Å². The molecule has 2 aliphatic heterocycles. The second-order valence-corrected chi connectivity index (χ2v) is 29.5. The van der Waals surface area contributed by atoms with Crippen LogP contribution in [0.3, 0.4) is 0 Å². The minimum atomic E-state index is -2.70. The van der Waals surface area contributed by atoms with Crippen molar-refractivity contribution in [3.05, 3.63) is 312 Å². The number of rotatable bonds is 11. The fraction of sp³-hybridized carbons (Fsp3) is 0.170. The molecular formula is C94H84BN3. The Bertz CT molecular complexity index is 5580. The minimum absolute atomic E-state index is 0.0596. The van der Waals surface area contributed by atoms with E-state index in [0.29, 0.717) is 23.3 Å². The minimum Gasteiger partial charge on any atom is -0.310 e. The second-order valence-electron chi connectivity index (χ2n) is 29.5. The third kappa shape index (κ3) is 10.5. The first-order valence-corrected chi connectivity index (χ1v) is 34.6. The Hall–Kier alpha value is -10.7. The summed E-state index contributed by atoms with van der Waals surface area (Å²) >= 11 is 0. The van der Waals surface area contributed by atoms with Crippen LogP contribution in [0.15, 0.2) is 279 Å². The van der Waals surface area contributed by atoms with Crippen molar-refractivity contribution in [3.63, 3.8) is 0 Å². The number of aryl methyl sites for hydroxylation is 2. The number of fused-ring (bicyclic) bond motifs is 7. The highest BCUT2D eigenvalue weighted by molar-refractivity contribution is 7.00. The maximum Gasteiger partial charge on any atom is 0.252 e. The summed E-state index contributed by atoms with van der Waals surface area (Å²) in [5, 5.41) is 2.33. The standard InChI is InChI=1S/C94H84BN3/c1-59(2)67-42-47-73(78(52-67)60(3)4)69-54-87-90-88(55-69)98(92-76(65-34-21-15-22-35-65)40-27-41-77(92)66-36-23-16-24-37-66)86-58-72(96-83-50-44-70(93(7,8)9)56-79(83)80-57-71(94(10,11)12)45-51-84(80)96)46-49-82(86)95(90)81-48-43-68(89-61(5)28-25-29-62(89)6)53-85(81)97(87)91-74(63-30-17-13-18-31-63)38-26-39-75(91)64-32-19-14-20-33-64/h13-60H,1-12H3/i5D3,6D3,26D,27D. The van der Waals surface area contributed by atoms with E-state index in [1.807, 2.05) is 84.9 Å². The zero-order valence-corrected chi connectivity index (χ0v) is 57.5. The van der Waals surface area contributed by atoms with E-state index in [9.17, 15) is 2.74 Å². The van der Waals surface area contributed by atoms with Crippen molar-refractivity contribution in [2.45, 2.75) is 106 Å². The van der Waals surface area contributed by atoms with Crippen molar-refractivity contribution < 1.29 is 11.0 Å². The molecular weight excluding hydrogens is 1180 g/mol. The molecule has 0 radical (unpaired) electrons. The van der Waals surface area contributed by atoms with E-state index < -0.39 is 20.4 Å². The molecule has 3 nitrogen and oxygen atoms in total. The molecule has 0 aliphatic carbocycles. The topological polar surface area (TPSA) is 11.4 Å². The molecule has 2 aliphatic rings. The summed E-state index contributed by atoms with van der Waals surface area (Å²) in [5.74, 6) is 0.332.